The van der Waals surface area contributed by atoms with E-state index in [-0.39, 0.29) is 11.3 Å². The number of hydrogen-bond donors (Lipinski definition) is 1. The van der Waals surface area contributed by atoms with E-state index in [0.717, 1.165) is 0 Å². The fourth-order valence-electron chi connectivity index (χ4n) is 0.789. The molecule has 66 valence electrons. The highest BCUT2D eigenvalue weighted by atomic mass is 127. The smallest absolute Gasteiger partial charge is 0.153 e. The standard InChI is InChI=1S/C7H4IN3O2/c8-6-5(10-11-9)2-1-4(3-12)7(6)13/h1-3,13H. The average molecular weight is 289 g/mol. The minimum Gasteiger partial charge on any atom is -0.506 e. The number of halogens is 1. The second-order valence-electron chi connectivity index (χ2n) is 2.14. The molecule has 0 saturated heterocycles. The van der Waals surface area contributed by atoms with Crippen LogP contribution < -0.4 is 0 Å². The first-order chi connectivity index (χ1) is 6.20. The highest BCUT2D eigenvalue weighted by Gasteiger charge is 2.07. The Labute approximate surface area is 87.1 Å². The summed E-state index contributed by atoms with van der Waals surface area (Å²) in [5.74, 6) is -0.152. The van der Waals surface area contributed by atoms with Crippen molar-refractivity contribution < 1.29 is 9.90 Å². The molecule has 1 aromatic rings. The first-order valence-electron chi connectivity index (χ1n) is 3.22. The van der Waals surface area contributed by atoms with E-state index in [4.69, 9.17) is 5.53 Å². The molecule has 0 aliphatic heterocycles. The van der Waals surface area contributed by atoms with Gasteiger partial charge in [-0.05, 0) is 34.2 Å². The first kappa shape index (κ1) is 9.82. The van der Waals surface area contributed by atoms with Gasteiger partial charge in [-0.3, -0.25) is 4.79 Å². The normalized spacial score (nSPS) is 9.00. The fraction of sp³-hybridized carbons (Fsp3) is 0. The van der Waals surface area contributed by atoms with Crippen LogP contribution in [-0.2, 0) is 0 Å². The number of benzene rings is 1. The lowest BCUT2D eigenvalue weighted by molar-refractivity contribution is 0.112. The van der Waals surface area contributed by atoms with E-state index in [1.807, 2.05) is 0 Å². The second-order valence-corrected chi connectivity index (χ2v) is 3.22. The number of phenolic OH excluding ortho intramolecular Hbond substituents is 1. The molecule has 1 N–H and O–H groups in total. The van der Waals surface area contributed by atoms with Gasteiger partial charge in [0.2, 0.25) is 0 Å². The third-order valence-corrected chi connectivity index (χ3v) is 2.47. The van der Waals surface area contributed by atoms with Crippen molar-refractivity contribution in [2.75, 3.05) is 0 Å². The molecule has 13 heavy (non-hydrogen) atoms. The van der Waals surface area contributed by atoms with Crippen molar-refractivity contribution in [1.29, 1.82) is 0 Å². The van der Waals surface area contributed by atoms with Gasteiger partial charge < -0.3 is 5.11 Å². The number of aldehydes is 1. The number of aromatic hydroxyl groups is 1. The van der Waals surface area contributed by atoms with Crippen molar-refractivity contribution in [2.45, 2.75) is 0 Å². The van der Waals surface area contributed by atoms with Gasteiger partial charge in [-0.1, -0.05) is 11.2 Å². The monoisotopic (exact) mass is 289 g/mol. The number of carbonyl (C=O) groups excluding carboxylic acids is 1. The molecule has 6 heteroatoms. The summed E-state index contributed by atoms with van der Waals surface area (Å²) in [5.41, 5.74) is 8.66. The predicted molar refractivity (Wildman–Crippen MR) is 55.0 cm³/mol. The van der Waals surface area contributed by atoms with Crippen LogP contribution in [0.5, 0.6) is 5.75 Å². The van der Waals surface area contributed by atoms with E-state index in [1.54, 1.807) is 22.6 Å². The van der Waals surface area contributed by atoms with Crippen LogP contribution in [-0.4, -0.2) is 11.4 Å². The first-order valence-corrected chi connectivity index (χ1v) is 4.30. The van der Waals surface area contributed by atoms with Gasteiger partial charge in [0.05, 0.1) is 14.8 Å². The van der Waals surface area contributed by atoms with Gasteiger partial charge >= 0.3 is 0 Å². The fourth-order valence-corrected chi connectivity index (χ4v) is 1.39. The SMILES string of the molecule is [N-]=[N+]=Nc1ccc(C=O)c(O)c1I. The van der Waals surface area contributed by atoms with Crippen molar-refractivity contribution in [2.24, 2.45) is 5.11 Å². The van der Waals surface area contributed by atoms with E-state index >= 15 is 0 Å². The van der Waals surface area contributed by atoms with Crippen molar-refractivity contribution in [3.05, 3.63) is 31.7 Å². The molecule has 0 heterocycles. The molecule has 0 unspecified atom stereocenters. The van der Waals surface area contributed by atoms with Crippen LogP contribution in [0.3, 0.4) is 0 Å². The summed E-state index contributed by atoms with van der Waals surface area (Å²) in [4.78, 5) is 13.0. The van der Waals surface area contributed by atoms with Gasteiger partial charge in [0.15, 0.2) is 6.29 Å². The number of azide groups is 1. The Hall–Kier alpha value is -1.27. The number of nitrogens with zero attached hydrogens (tertiary/aromatic N) is 3. The molecule has 0 amide bonds. The van der Waals surface area contributed by atoms with E-state index < -0.39 is 0 Å². The second kappa shape index (κ2) is 4.11. The van der Waals surface area contributed by atoms with Gasteiger partial charge in [-0.15, -0.1) is 0 Å². The maximum Gasteiger partial charge on any atom is 0.153 e. The third-order valence-electron chi connectivity index (χ3n) is 1.41. The molecule has 0 spiro atoms. The molecular weight excluding hydrogens is 285 g/mol. The van der Waals surface area contributed by atoms with E-state index in [9.17, 15) is 9.90 Å². The van der Waals surface area contributed by atoms with Gasteiger partial charge in [0, 0.05) is 4.91 Å². The number of hydrogen-bond acceptors (Lipinski definition) is 3. The molecule has 0 fully saturated rings. The van der Waals surface area contributed by atoms with Crippen LogP contribution in [0.15, 0.2) is 17.2 Å². The molecule has 0 bridgehead atoms. The highest BCUT2D eigenvalue weighted by molar-refractivity contribution is 14.1. The summed E-state index contributed by atoms with van der Waals surface area (Å²) in [7, 11) is 0. The predicted octanol–water partition coefficient (Wildman–Crippen LogP) is 2.75. The van der Waals surface area contributed by atoms with Gasteiger partial charge in [-0.2, -0.15) is 0 Å². The molecule has 0 radical (unpaired) electrons. The van der Waals surface area contributed by atoms with Crippen LogP contribution in [0, 0.1) is 3.57 Å². The Morgan fingerprint density at radius 3 is 2.85 bits per heavy atom. The average Bonchev–Trinajstić information content (AvgIpc) is 2.14. The van der Waals surface area contributed by atoms with Crippen molar-refractivity contribution in [3.63, 3.8) is 0 Å². The van der Waals surface area contributed by atoms with Crippen LogP contribution in [0.1, 0.15) is 10.4 Å². The van der Waals surface area contributed by atoms with E-state index in [0.29, 0.717) is 15.5 Å². The summed E-state index contributed by atoms with van der Waals surface area (Å²) in [5, 5.41) is 12.7. The maximum atomic E-state index is 10.4. The quantitative estimate of drug-likeness (QED) is 0.298. The topological polar surface area (TPSA) is 86.1 Å². The number of phenols is 1. The Morgan fingerprint density at radius 1 is 1.62 bits per heavy atom. The lowest BCUT2D eigenvalue weighted by atomic mass is 10.2. The summed E-state index contributed by atoms with van der Waals surface area (Å²) in [6.07, 6.45) is 0.539. The Balaban J connectivity index is 3.38. The van der Waals surface area contributed by atoms with Gasteiger partial charge in [-0.25, -0.2) is 0 Å². The molecule has 0 saturated carbocycles. The van der Waals surface area contributed by atoms with Crippen LogP contribution in [0.4, 0.5) is 5.69 Å². The molecular formula is C7H4IN3O2. The zero-order valence-electron chi connectivity index (χ0n) is 6.31. The molecule has 5 nitrogen and oxygen atoms in total. The van der Waals surface area contributed by atoms with E-state index in [2.05, 4.69) is 10.0 Å². The molecule has 1 rings (SSSR count). The van der Waals surface area contributed by atoms with Crippen molar-refractivity contribution >= 4 is 34.6 Å². The van der Waals surface area contributed by atoms with Crippen molar-refractivity contribution in [3.8, 4) is 5.75 Å². The minimum atomic E-state index is -0.152. The van der Waals surface area contributed by atoms with Gasteiger partial charge in [0.25, 0.3) is 0 Å². The maximum absolute atomic E-state index is 10.4. The molecule has 0 aromatic heterocycles. The summed E-state index contributed by atoms with van der Waals surface area (Å²) in [6.45, 7) is 0. The number of rotatable bonds is 2. The lowest BCUT2D eigenvalue weighted by Crippen LogP contribution is -1.84. The van der Waals surface area contributed by atoms with Crippen molar-refractivity contribution in [1.82, 2.24) is 0 Å². The third kappa shape index (κ3) is 1.90. The highest BCUT2D eigenvalue weighted by Crippen LogP contribution is 2.31. The Morgan fingerprint density at radius 2 is 2.31 bits per heavy atom. The van der Waals surface area contributed by atoms with Gasteiger partial charge in [0.1, 0.15) is 5.75 Å². The molecule has 0 aliphatic rings. The lowest BCUT2D eigenvalue weighted by Gasteiger charge is -2.02. The Bertz CT molecular complexity index is 399. The summed E-state index contributed by atoms with van der Waals surface area (Å²) in [6, 6.07) is 2.87. The Kier molecular flexibility index (Phi) is 3.10. The largest absolute Gasteiger partial charge is 0.506 e. The summed E-state index contributed by atoms with van der Waals surface area (Å²) >= 11 is 1.80. The zero-order valence-corrected chi connectivity index (χ0v) is 8.46. The van der Waals surface area contributed by atoms with Crippen LogP contribution in [0.2, 0.25) is 0 Å². The zero-order chi connectivity index (χ0) is 9.84. The molecule has 0 atom stereocenters. The molecule has 1 aromatic carbocycles. The van der Waals surface area contributed by atoms with Crippen LogP contribution in [0.25, 0.3) is 10.4 Å². The minimum absolute atomic E-state index is 0.152. The number of carbonyl (C=O) groups is 1. The van der Waals surface area contributed by atoms with Crippen LogP contribution >= 0.6 is 22.6 Å². The van der Waals surface area contributed by atoms with E-state index in [1.165, 1.54) is 12.1 Å². The summed E-state index contributed by atoms with van der Waals surface area (Å²) < 4.78 is 0.375. The molecule has 0 aliphatic carbocycles.